The molecule has 0 radical (unpaired) electrons. The maximum absolute atomic E-state index is 13.9. The molecule has 92 valence electrons. The van der Waals surface area contributed by atoms with Crippen LogP contribution >= 0.6 is 11.6 Å². The molecule has 0 unspecified atom stereocenters. The lowest BCUT2D eigenvalue weighted by atomic mass is 10.0. The number of ether oxygens (including phenoxy) is 1. The van der Waals surface area contributed by atoms with E-state index in [1.807, 2.05) is 0 Å². The zero-order valence-electron chi connectivity index (χ0n) is 9.04. The summed E-state index contributed by atoms with van der Waals surface area (Å²) in [5.74, 6) is -0.713. The first-order valence-electron chi connectivity index (χ1n) is 4.93. The summed E-state index contributed by atoms with van der Waals surface area (Å²) in [4.78, 5) is 15.7. The van der Waals surface area contributed by atoms with Crippen LogP contribution in [0.25, 0.3) is 0 Å². The van der Waals surface area contributed by atoms with Crippen molar-refractivity contribution in [2.24, 2.45) is 0 Å². The molecular formula is C10H10ClFN2O3. The van der Waals surface area contributed by atoms with Crippen molar-refractivity contribution < 1.29 is 19.0 Å². The van der Waals surface area contributed by atoms with Crippen LogP contribution in [0.5, 0.6) is 5.88 Å². The van der Waals surface area contributed by atoms with Gasteiger partial charge in [-0.05, 0) is 6.42 Å². The van der Waals surface area contributed by atoms with Crippen molar-refractivity contribution in [1.29, 1.82) is 0 Å². The molecule has 1 aromatic heterocycles. The third-order valence-corrected chi connectivity index (χ3v) is 3.02. The Labute approximate surface area is 102 Å². The topological polar surface area (TPSA) is 62.7 Å². The van der Waals surface area contributed by atoms with Gasteiger partial charge < -0.3 is 14.7 Å². The predicted octanol–water partition coefficient (Wildman–Crippen LogP) is 1.92. The highest BCUT2D eigenvalue weighted by Gasteiger charge is 2.27. The molecule has 0 bridgehead atoms. The smallest absolute Gasteiger partial charge is 0.407 e. The Morgan fingerprint density at radius 1 is 1.59 bits per heavy atom. The van der Waals surface area contributed by atoms with Crippen molar-refractivity contribution in [3.8, 4) is 5.88 Å². The lowest BCUT2D eigenvalue weighted by Gasteiger charge is -2.27. The number of aromatic nitrogens is 1. The van der Waals surface area contributed by atoms with E-state index in [9.17, 15) is 9.18 Å². The number of amides is 1. The predicted molar refractivity (Wildman–Crippen MR) is 57.9 cm³/mol. The van der Waals surface area contributed by atoms with E-state index in [0.717, 1.165) is 0 Å². The number of carboxylic acid groups (broad SMARTS) is 1. The van der Waals surface area contributed by atoms with E-state index in [1.54, 1.807) is 0 Å². The van der Waals surface area contributed by atoms with Gasteiger partial charge in [-0.15, -0.1) is 0 Å². The molecule has 0 spiro atoms. The fraction of sp³-hybridized carbons (Fsp3) is 0.400. The molecule has 1 aliphatic rings. The number of hydrogen-bond acceptors (Lipinski definition) is 3. The van der Waals surface area contributed by atoms with Gasteiger partial charge in [-0.25, -0.2) is 9.18 Å². The summed E-state index contributed by atoms with van der Waals surface area (Å²) >= 11 is 5.89. The number of nitrogens with zero attached hydrogens (tertiary/aromatic N) is 2. The average Bonchev–Trinajstić information content (AvgIpc) is 2.33. The number of fused-ring (bicyclic) bond motifs is 1. The Bertz CT molecular complexity index is 481. The lowest BCUT2D eigenvalue weighted by Crippen LogP contribution is -2.35. The normalized spacial score (nSPS) is 14.4. The maximum Gasteiger partial charge on any atom is 0.407 e. The van der Waals surface area contributed by atoms with Crippen LogP contribution in [0, 0.1) is 5.82 Å². The van der Waals surface area contributed by atoms with E-state index in [2.05, 4.69) is 4.98 Å². The lowest BCUT2D eigenvalue weighted by molar-refractivity contribution is 0.139. The first-order valence-corrected chi connectivity index (χ1v) is 5.31. The zero-order valence-corrected chi connectivity index (χ0v) is 9.79. The second kappa shape index (κ2) is 4.37. The van der Waals surface area contributed by atoms with Crippen LogP contribution in [-0.2, 0) is 13.0 Å². The molecule has 2 heterocycles. The van der Waals surface area contributed by atoms with Crippen molar-refractivity contribution in [2.45, 2.75) is 13.0 Å². The highest BCUT2D eigenvalue weighted by atomic mass is 35.5. The van der Waals surface area contributed by atoms with Crippen LogP contribution in [-0.4, -0.2) is 34.7 Å². The Morgan fingerprint density at radius 2 is 2.29 bits per heavy atom. The zero-order chi connectivity index (χ0) is 12.6. The molecule has 1 aromatic rings. The number of halogens is 2. The SMILES string of the molecule is COc1nc(Cl)c2c(c1F)CCN(C(=O)O)C2. The summed E-state index contributed by atoms with van der Waals surface area (Å²) in [5.41, 5.74) is 0.804. The monoisotopic (exact) mass is 260 g/mol. The summed E-state index contributed by atoms with van der Waals surface area (Å²) in [6, 6.07) is 0. The Kier molecular flexibility index (Phi) is 3.06. The minimum absolute atomic E-state index is 0.0530. The number of rotatable bonds is 1. The van der Waals surface area contributed by atoms with Gasteiger partial charge in [-0.1, -0.05) is 11.6 Å². The van der Waals surface area contributed by atoms with Crippen LogP contribution < -0.4 is 4.74 Å². The highest BCUT2D eigenvalue weighted by Crippen LogP contribution is 2.31. The van der Waals surface area contributed by atoms with E-state index in [4.69, 9.17) is 21.4 Å². The summed E-state index contributed by atoms with van der Waals surface area (Å²) in [6.45, 7) is 0.292. The van der Waals surface area contributed by atoms with E-state index in [-0.39, 0.29) is 30.5 Å². The molecule has 0 aromatic carbocycles. The average molecular weight is 261 g/mol. The van der Waals surface area contributed by atoms with Gasteiger partial charge in [-0.2, -0.15) is 4.98 Å². The largest absolute Gasteiger partial charge is 0.479 e. The molecule has 17 heavy (non-hydrogen) atoms. The molecule has 0 fully saturated rings. The van der Waals surface area contributed by atoms with Gasteiger partial charge in [0.05, 0.1) is 13.7 Å². The molecule has 1 amide bonds. The summed E-state index contributed by atoms with van der Waals surface area (Å²) in [5, 5.41) is 8.96. The van der Waals surface area contributed by atoms with Gasteiger partial charge in [0.2, 0.25) is 0 Å². The Hall–Kier alpha value is -1.56. The maximum atomic E-state index is 13.9. The Morgan fingerprint density at radius 3 is 2.88 bits per heavy atom. The Balaban J connectivity index is 2.46. The van der Waals surface area contributed by atoms with Crippen molar-refractivity contribution in [3.63, 3.8) is 0 Å². The quantitative estimate of drug-likeness (QED) is 0.784. The fourth-order valence-electron chi connectivity index (χ4n) is 1.83. The molecule has 1 N–H and O–H groups in total. The van der Waals surface area contributed by atoms with Crippen molar-refractivity contribution in [1.82, 2.24) is 9.88 Å². The number of hydrogen-bond donors (Lipinski definition) is 1. The molecule has 7 heteroatoms. The minimum Gasteiger partial charge on any atom is -0.479 e. The van der Waals surface area contributed by atoms with Crippen LogP contribution in [0.4, 0.5) is 9.18 Å². The van der Waals surface area contributed by atoms with Crippen molar-refractivity contribution >= 4 is 17.7 Å². The third kappa shape index (κ3) is 2.00. The first-order chi connectivity index (χ1) is 8.04. The van der Waals surface area contributed by atoms with Crippen molar-refractivity contribution in [2.75, 3.05) is 13.7 Å². The molecule has 5 nitrogen and oxygen atoms in total. The van der Waals surface area contributed by atoms with E-state index in [1.165, 1.54) is 12.0 Å². The van der Waals surface area contributed by atoms with Crippen LogP contribution in [0.15, 0.2) is 0 Å². The molecule has 0 saturated carbocycles. The van der Waals surface area contributed by atoms with Gasteiger partial charge in [-0.3, -0.25) is 0 Å². The molecule has 1 aliphatic heterocycles. The number of methoxy groups -OCH3 is 1. The minimum atomic E-state index is -1.05. The molecule has 0 aliphatic carbocycles. The van der Waals surface area contributed by atoms with Crippen LogP contribution in [0.3, 0.4) is 0 Å². The van der Waals surface area contributed by atoms with Gasteiger partial charge in [0, 0.05) is 17.7 Å². The molecular weight excluding hydrogens is 251 g/mol. The molecule has 0 atom stereocenters. The standard InChI is InChI=1S/C10H10ClFN2O3/c1-17-9-7(12)5-2-3-14(10(15)16)4-6(5)8(11)13-9/h2-4H2,1H3,(H,15,16). The molecule has 2 rings (SSSR count). The number of carbonyl (C=O) groups is 1. The summed E-state index contributed by atoms with van der Waals surface area (Å²) < 4.78 is 18.6. The summed E-state index contributed by atoms with van der Waals surface area (Å²) in [7, 11) is 1.31. The van der Waals surface area contributed by atoms with Gasteiger partial charge in [0.25, 0.3) is 5.88 Å². The van der Waals surface area contributed by atoms with Crippen molar-refractivity contribution in [3.05, 3.63) is 22.1 Å². The second-order valence-electron chi connectivity index (χ2n) is 3.64. The van der Waals surface area contributed by atoms with Gasteiger partial charge >= 0.3 is 6.09 Å². The van der Waals surface area contributed by atoms with E-state index < -0.39 is 11.9 Å². The first kappa shape index (κ1) is 11.9. The second-order valence-corrected chi connectivity index (χ2v) is 4.00. The fourth-order valence-corrected chi connectivity index (χ4v) is 2.08. The number of pyridine rings is 1. The summed E-state index contributed by atoms with van der Waals surface area (Å²) in [6.07, 6.45) is -0.783. The molecule has 0 saturated heterocycles. The highest BCUT2D eigenvalue weighted by molar-refractivity contribution is 6.30. The van der Waals surface area contributed by atoms with Crippen LogP contribution in [0.2, 0.25) is 5.15 Å². The van der Waals surface area contributed by atoms with E-state index >= 15 is 0 Å². The third-order valence-electron chi connectivity index (χ3n) is 2.71. The van der Waals surface area contributed by atoms with Gasteiger partial charge in [0.1, 0.15) is 5.15 Å². The van der Waals surface area contributed by atoms with Gasteiger partial charge in [0.15, 0.2) is 5.82 Å². The van der Waals surface area contributed by atoms with Crippen LogP contribution in [0.1, 0.15) is 11.1 Å². The van der Waals surface area contributed by atoms with E-state index in [0.29, 0.717) is 11.1 Å².